The number of imidazole rings is 1. The molecule has 0 amide bonds. The number of thiazole rings is 2. The molecule has 6 aromatic rings. The Morgan fingerprint density at radius 3 is 2.48 bits per heavy atom. The molecule has 1 N–H and O–H groups in total. The Morgan fingerprint density at radius 2 is 1.68 bits per heavy atom. The number of hydrogen-bond acceptors (Lipinski definition) is 8. The summed E-state index contributed by atoms with van der Waals surface area (Å²) in [6, 6.07) is 27.0. The normalized spacial score (nSPS) is 12.4. The Labute approximate surface area is 244 Å². The van der Waals surface area contributed by atoms with Crippen LogP contribution in [-0.4, -0.2) is 37.6 Å². The number of anilines is 1. The molecule has 0 spiro atoms. The maximum absolute atomic E-state index is 4.83. The first-order valence-corrected chi connectivity index (χ1v) is 15.7. The predicted octanol–water partition coefficient (Wildman–Crippen LogP) is 7.42. The van der Waals surface area contributed by atoms with Crippen molar-refractivity contribution in [3.8, 4) is 22.8 Å². The molecule has 0 saturated carbocycles. The lowest BCUT2D eigenvalue weighted by Crippen LogP contribution is -2.15. The summed E-state index contributed by atoms with van der Waals surface area (Å²) in [5.74, 6) is 0.857. The van der Waals surface area contributed by atoms with E-state index in [2.05, 4.69) is 79.4 Å². The average Bonchev–Trinajstić information content (AvgIpc) is 3.72. The Bertz CT molecular complexity index is 1860. The van der Waals surface area contributed by atoms with Gasteiger partial charge in [-0.1, -0.05) is 71.9 Å². The number of para-hydroxylation sites is 3. The van der Waals surface area contributed by atoms with E-state index in [4.69, 9.17) is 9.97 Å². The van der Waals surface area contributed by atoms with E-state index >= 15 is 0 Å². The van der Waals surface area contributed by atoms with Gasteiger partial charge in [0, 0.05) is 16.4 Å². The molecule has 10 heteroatoms. The monoisotopic (exact) mass is 581 g/mol. The van der Waals surface area contributed by atoms with Crippen LogP contribution in [-0.2, 0) is 0 Å². The molecule has 0 bridgehead atoms. The van der Waals surface area contributed by atoms with Gasteiger partial charge in [-0.2, -0.15) is 5.10 Å². The van der Waals surface area contributed by atoms with Crippen molar-refractivity contribution in [2.75, 3.05) is 18.1 Å². The topological polar surface area (TPSA) is 72.4 Å². The molecule has 3 aromatic carbocycles. The maximum atomic E-state index is 4.83. The van der Waals surface area contributed by atoms with Gasteiger partial charge in [0.2, 0.25) is 4.80 Å². The van der Waals surface area contributed by atoms with E-state index in [1.165, 1.54) is 5.56 Å². The zero-order chi connectivity index (χ0) is 27.5. The van der Waals surface area contributed by atoms with Crippen molar-refractivity contribution < 1.29 is 0 Å². The lowest BCUT2D eigenvalue weighted by Gasteiger charge is -2.09. The molecular weight excluding hydrogens is 555 g/mol. The second-order valence-electron chi connectivity index (χ2n) is 9.16. The largest absolute Gasteiger partial charge is 0.356 e. The van der Waals surface area contributed by atoms with Gasteiger partial charge in [0.25, 0.3) is 0 Å². The van der Waals surface area contributed by atoms with Crippen LogP contribution in [0, 0.1) is 6.92 Å². The summed E-state index contributed by atoms with van der Waals surface area (Å²) in [6.07, 6.45) is 2.03. The van der Waals surface area contributed by atoms with E-state index in [1.54, 1.807) is 34.4 Å². The molecule has 0 radical (unpaired) electrons. The second-order valence-corrected chi connectivity index (χ2v) is 11.6. The van der Waals surface area contributed by atoms with Gasteiger partial charge in [0.1, 0.15) is 0 Å². The van der Waals surface area contributed by atoms with E-state index in [0.29, 0.717) is 6.54 Å². The van der Waals surface area contributed by atoms with Crippen molar-refractivity contribution in [1.82, 2.24) is 19.1 Å². The number of fused-ring (bicyclic) bond motifs is 1. The SMILES string of the molecule is CSc1nc2ccccc2n1-c1csc(NCC(C)=NN=c2scc(-c3ccc(C)cc3)n2-c2ccccc2)n1. The Hall–Kier alpha value is -3.99. The number of thioether (sulfide) groups is 1. The van der Waals surface area contributed by atoms with Gasteiger partial charge >= 0.3 is 0 Å². The third-order valence-corrected chi connectivity index (χ3v) is 8.55. The highest BCUT2D eigenvalue weighted by Crippen LogP contribution is 2.29. The summed E-state index contributed by atoms with van der Waals surface area (Å²) in [4.78, 5) is 10.4. The van der Waals surface area contributed by atoms with Crippen molar-refractivity contribution >= 4 is 56.3 Å². The molecule has 0 aliphatic heterocycles. The first-order chi connectivity index (χ1) is 19.6. The number of rotatable bonds is 8. The lowest BCUT2D eigenvalue weighted by molar-refractivity contribution is 0.897. The second kappa shape index (κ2) is 11.6. The number of nitrogens with zero attached hydrogens (tertiary/aromatic N) is 6. The highest BCUT2D eigenvalue weighted by atomic mass is 32.2. The van der Waals surface area contributed by atoms with Crippen LogP contribution in [0.4, 0.5) is 5.13 Å². The van der Waals surface area contributed by atoms with Gasteiger partial charge in [-0.05, 0) is 49.9 Å². The average molecular weight is 582 g/mol. The molecule has 200 valence electrons. The van der Waals surface area contributed by atoms with E-state index in [-0.39, 0.29) is 0 Å². The fraction of sp³-hybridized carbons (Fsp3) is 0.133. The van der Waals surface area contributed by atoms with Crippen LogP contribution >= 0.6 is 34.4 Å². The van der Waals surface area contributed by atoms with Gasteiger partial charge in [-0.25, -0.2) is 9.97 Å². The first-order valence-electron chi connectivity index (χ1n) is 12.7. The summed E-state index contributed by atoms with van der Waals surface area (Å²) in [5.41, 5.74) is 7.39. The van der Waals surface area contributed by atoms with Crippen LogP contribution in [0.2, 0.25) is 0 Å². The maximum Gasteiger partial charge on any atom is 0.215 e. The number of nitrogens with one attached hydrogen (secondary N) is 1. The highest BCUT2D eigenvalue weighted by Gasteiger charge is 2.14. The molecule has 3 aromatic heterocycles. The van der Waals surface area contributed by atoms with Crippen LogP contribution in [0.1, 0.15) is 12.5 Å². The molecule has 6 rings (SSSR count). The van der Waals surface area contributed by atoms with E-state index in [1.807, 2.05) is 55.0 Å². The minimum Gasteiger partial charge on any atom is -0.356 e. The molecule has 7 nitrogen and oxygen atoms in total. The van der Waals surface area contributed by atoms with Crippen LogP contribution in [0.3, 0.4) is 0 Å². The van der Waals surface area contributed by atoms with Crippen molar-refractivity contribution in [2.24, 2.45) is 10.2 Å². The summed E-state index contributed by atoms with van der Waals surface area (Å²) in [7, 11) is 0. The van der Waals surface area contributed by atoms with Crippen LogP contribution in [0.15, 0.2) is 105 Å². The fourth-order valence-electron chi connectivity index (χ4n) is 4.31. The molecule has 40 heavy (non-hydrogen) atoms. The van der Waals surface area contributed by atoms with Crippen LogP contribution in [0.25, 0.3) is 33.8 Å². The summed E-state index contributed by atoms with van der Waals surface area (Å²) in [6.45, 7) is 4.61. The van der Waals surface area contributed by atoms with Crippen LogP contribution < -0.4 is 10.1 Å². The van der Waals surface area contributed by atoms with Gasteiger partial charge in [-0.3, -0.25) is 9.13 Å². The van der Waals surface area contributed by atoms with Gasteiger partial charge < -0.3 is 5.32 Å². The third-order valence-electron chi connectivity index (χ3n) is 6.31. The third kappa shape index (κ3) is 5.38. The minimum absolute atomic E-state index is 0.540. The lowest BCUT2D eigenvalue weighted by atomic mass is 10.1. The molecule has 0 unspecified atom stereocenters. The molecule has 0 fully saturated rings. The Kier molecular flexibility index (Phi) is 7.63. The van der Waals surface area contributed by atoms with Gasteiger partial charge in [0.05, 0.1) is 29.0 Å². The summed E-state index contributed by atoms with van der Waals surface area (Å²) < 4.78 is 4.26. The van der Waals surface area contributed by atoms with Crippen molar-refractivity contribution in [3.63, 3.8) is 0 Å². The van der Waals surface area contributed by atoms with Gasteiger partial charge in [0.15, 0.2) is 16.1 Å². The predicted molar refractivity (Wildman–Crippen MR) is 170 cm³/mol. The molecule has 3 heterocycles. The number of benzene rings is 3. The molecule has 0 aliphatic rings. The van der Waals surface area contributed by atoms with Gasteiger partial charge in [-0.15, -0.1) is 27.8 Å². The molecule has 0 aliphatic carbocycles. The van der Waals surface area contributed by atoms with E-state index < -0.39 is 0 Å². The van der Waals surface area contributed by atoms with Crippen molar-refractivity contribution in [1.29, 1.82) is 0 Å². The fourth-order valence-corrected chi connectivity index (χ4v) is 6.41. The highest BCUT2D eigenvalue weighted by molar-refractivity contribution is 7.98. The standard InChI is InChI=1S/C30H27N7S3/c1-20-13-15-22(16-14-20)26-18-40-30(36(26)23-9-5-4-6-10-23)35-34-21(2)17-31-28-33-27(19-39-28)37-25-12-8-7-11-24(25)32-29(37)38-3/h4-16,18-19H,17H2,1-3H3,(H,31,33). The quantitative estimate of drug-likeness (QED) is 0.115. The number of aryl methyl sites for hydroxylation is 1. The van der Waals surface area contributed by atoms with Crippen molar-refractivity contribution in [3.05, 3.63) is 100.0 Å². The van der Waals surface area contributed by atoms with Crippen LogP contribution in [0.5, 0.6) is 0 Å². The molecule has 0 saturated heterocycles. The minimum atomic E-state index is 0.540. The Morgan fingerprint density at radius 1 is 0.900 bits per heavy atom. The van der Waals surface area contributed by atoms with E-state index in [9.17, 15) is 0 Å². The smallest absolute Gasteiger partial charge is 0.215 e. The Balaban J connectivity index is 1.24. The number of aromatic nitrogens is 4. The summed E-state index contributed by atoms with van der Waals surface area (Å²) >= 11 is 4.76. The van der Waals surface area contributed by atoms with E-state index in [0.717, 1.165) is 54.6 Å². The molecule has 0 atom stereocenters. The zero-order valence-corrected chi connectivity index (χ0v) is 24.7. The zero-order valence-electron chi connectivity index (χ0n) is 22.3. The molecular formula is C30H27N7S3. The first kappa shape index (κ1) is 26.2. The summed E-state index contributed by atoms with van der Waals surface area (Å²) in [5, 5.41) is 18.6. The number of hydrogen-bond donors (Lipinski definition) is 1. The van der Waals surface area contributed by atoms with Crippen molar-refractivity contribution in [2.45, 2.75) is 19.0 Å².